The molecule has 3 amide bonds. The molecule has 0 aliphatic heterocycles. The van der Waals surface area contributed by atoms with Crippen molar-refractivity contribution >= 4 is 23.5 Å². The van der Waals surface area contributed by atoms with Gasteiger partial charge in [-0.15, -0.1) is 0 Å². The highest BCUT2D eigenvalue weighted by Crippen LogP contribution is 2.18. The van der Waals surface area contributed by atoms with Crippen molar-refractivity contribution < 1.29 is 14.3 Å². The van der Waals surface area contributed by atoms with E-state index in [-0.39, 0.29) is 12.1 Å². The van der Waals surface area contributed by atoms with E-state index in [0.717, 1.165) is 12.8 Å². The maximum absolute atomic E-state index is 12.0. The molecule has 1 aliphatic rings. The molecule has 0 saturated heterocycles. The smallest absolute Gasteiger partial charge is 0.412 e. The zero-order valence-electron chi connectivity index (χ0n) is 14.6. The van der Waals surface area contributed by atoms with Gasteiger partial charge in [0, 0.05) is 17.4 Å². The number of ether oxygens (including phenoxy) is 1. The molecule has 1 aliphatic carbocycles. The largest absolute Gasteiger partial charge is 0.444 e. The average Bonchev–Trinajstić information content (AvgIpc) is 2.48. The number of benzene rings is 1. The van der Waals surface area contributed by atoms with Crippen LogP contribution in [0, 0.1) is 0 Å². The van der Waals surface area contributed by atoms with Crippen molar-refractivity contribution in [1.82, 2.24) is 5.32 Å². The van der Waals surface area contributed by atoms with E-state index < -0.39 is 11.7 Å². The summed E-state index contributed by atoms with van der Waals surface area (Å²) in [5.74, 6) is 0. The zero-order valence-corrected chi connectivity index (χ0v) is 14.6. The standard InChI is InChI=1S/C18H27N3O3/c1-18(2,3)24-17(23)21-15-11-9-14(10-12-15)20-16(22)19-13-7-5-4-6-8-13/h9-13H,4-8H2,1-3H3,(H,21,23)(H2,19,20,22). The third-order valence-corrected chi connectivity index (χ3v) is 3.73. The molecule has 0 spiro atoms. The Kier molecular flexibility index (Phi) is 6.06. The first-order chi connectivity index (χ1) is 11.3. The normalized spacial score (nSPS) is 15.5. The van der Waals surface area contributed by atoms with Crippen molar-refractivity contribution in [2.24, 2.45) is 0 Å². The molecule has 6 heteroatoms. The summed E-state index contributed by atoms with van der Waals surface area (Å²) in [7, 11) is 0. The quantitative estimate of drug-likeness (QED) is 0.762. The predicted molar refractivity (Wildman–Crippen MR) is 95.3 cm³/mol. The van der Waals surface area contributed by atoms with Crippen LogP contribution in [-0.2, 0) is 4.74 Å². The second-order valence-electron chi connectivity index (χ2n) is 7.14. The molecule has 6 nitrogen and oxygen atoms in total. The predicted octanol–water partition coefficient (Wildman–Crippen LogP) is 4.49. The third kappa shape index (κ3) is 6.48. The Labute approximate surface area is 143 Å². The molecule has 2 rings (SSSR count). The lowest BCUT2D eigenvalue weighted by molar-refractivity contribution is 0.0636. The fraction of sp³-hybridized carbons (Fsp3) is 0.556. The summed E-state index contributed by atoms with van der Waals surface area (Å²) >= 11 is 0. The van der Waals surface area contributed by atoms with Gasteiger partial charge in [0.05, 0.1) is 0 Å². The molecule has 0 aromatic heterocycles. The van der Waals surface area contributed by atoms with E-state index in [0.29, 0.717) is 11.4 Å². The SMILES string of the molecule is CC(C)(C)OC(=O)Nc1ccc(NC(=O)NC2CCCCC2)cc1. The second kappa shape index (κ2) is 8.04. The number of amides is 3. The molecule has 3 N–H and O–H groups in total. The van der Waals surface area contributed by atoms with Crippen molar-refractivity contribution in [3.63, 3.8) is 0 Å². The van der Waals surface area contributed by atoms with Crippen molar-refractivity contribution in [3.05, 3.63) is 24.3 Å². The Morgan fingerprint density at radius 1 is 0.958 bits per heavy atom. The Hall–Kier alpha value is -2.24. The van der Waals surface area contributed by atoms with Crippen LogP contribution in [-0.4, -0.2) is 23.8 Å². The summed E-state index contributed by atoms with van der Waals surface area (Å²) in [6.45, 7) is 5.43. The first kappa shape index (κ1) is 18.1. The maximum Gasteiger partial charge on any atom is 0.412 e. The van der Waals surface area contributed by atoms with Crippen LogP contribution in [0.3, 0.4) is 0 Å². The fourth-order valence-corrected chi connectivity index (χ4v) is 2.66. The molecule has 0 atom stereocenters. The lowest BCUT2D eigenvalue weighted by Gasteiger charge is -2.23. The lowest BCUT2D eigenvalue weighted by Crippen LogP contribution is -2.39. The van der Waals surface area contributed by atoms with Gasteiger partial charge in [-0.2, -0.15) is 0 Å². The highest BCUT2D eigenvalue weighted by molar-refractivity contribution is 5.90. The van der Waals surface area contributed by atoms with E-state index in [9.17, 15) is 9.59 Å². The minimum Gasteiger partial charge on any atom is -0.444 e. The Balaban J connectivity index is 1.80. The molecule has 0 heterocycles. The van der Waals surface area contributed by atoms with E-state index >= 15 is 0 Å². The molecule has 24 heavy (non-hydrogen) atoms. The van der Waals surface area contributed by atoms with E-state index in [1.807, 2.05) is 20.8 Å². The average molecular weight is 333 g/mol. The maximum atomic E-state index is 12.0. The van der Waals surface area contributed by atoms with Gasteiger partial charge in [-0.25, -0.2) is 9.59 Å². The molecular weight excluding hydrogens is 306 g/mol. The van der Waals surface area contributed by atoms with Gasteiger partial charge in [0.15, 0.2) is 0 Å². The highest BCUT2D eigenvalue weighted by Gasteiger charge is 2.17. The molecular formula is C18H27N3O3. The van der Waals surface area contributed by atoms with Gasteiger partial charge in [0.2, 0.25) is 0 Å². The molecule has 0 radical (unpaired) electrons. The van der Waals surface area contributed by atoms with Crippen LogP contribution < -0.4 is 16.0 Å². The molecule has 0 bridgehead atoms. The summed E-state index contributed by atoms with van der Waals surface area (Å²) in [6, 6.07) is 7.02. The minimum absolute atomic E-state index is 0.185. The van der Waals surface area contributed by atoms with Crippen LogP contribution >= 0.6 is 0 Å². The topological polar surface area (TPSA) is 79.5 Å². The van der Waals surface area contributed by atoms with E-state index in [2.05, 4.69) is 16.0 Å². The number of hydrogen-bond donors (Lipinski definition) is 3. The Morgan fingerprint density at radius 2 is 1.50 bits per heavy atom. The number of urea groups is 1. The summed E-state index contributed by atoms with van der Waals surface area (Å²) in [4.78, 5) is 23.7. The number of anilines is 2. The van der Waals surface area contributed by atoms with E-state index in [4.69, 9.17) is 4.74 Å². The van der Waals surface area contributed by atoms with Gasteiger partial charge in [-0.05, 0) is 57.9 Å². The van der Waals surface area contributed by atoms with Crippen molar-refractivity contribution in [1.29, 1.82) is 0 Å². The van der Waals surface area contributed by atoms with Crippen LogP contribution in [0.5, 0.6) is 0 Å². The second-order valence-corrected chi connectivity index (χ2v) is 7.14. The molecule has 0 unspecified atom stereocenters. The Morgan fingerprint density at radius 3 is 2.04 bits per heavy atom. The minimum atomic E-state index is -0.539. The summed E-state index contributed by atoms with van der Waals surface area (Å²) < 4.78 is 5.19. The number of nitrogens with one attached hydrogen (secondary N) is 3. The van der Waals surface area contributed by atoms with Crippen LogP contribution in [0.1, 0.15) is 52.9 Å². The summed E-state index contributed by atoms with van der Waals surface area (Å²) in [6.07, 6.45) is 5.20. The number of hydrogen-bond acceptors (Lipinski definition) is 3. The number of carbonyl (C=O) groups excluding carboxylic acids is 2. The number of carbonyl (C=O) groups is 2. The Bertz CT molecular complexity index is 558. The molecule has 1 saturated carbocycles. The summed E-state index contributed by atoms with van der Waals surface area (Å²) in [5, 5.41) is 8.47. The van der Waals surface area contributed by atoms with Gasteiger partial charge in [0.25, 0.3) is 0 Å². The molecule has 1 aromatic rings. The van der Waals surface area contributed by atoms with Crippen molar-refractivity contribution in [2.75, 3.05) is 10.6 Å². The van der Waals surface area contributed by atoms with Crippen molar-refractivity contribution in [2.45, 2.75) is 64.5 Å². The van der Waals surface area contributed by atoms with Gasteiger partial charge in [-0.3, -0.25) is 5.32 Å². The zero-order chi connectivity index (χ0) is 17.6. The van der Waals surface area contributed by atoms with Gasteiger partial charge in [-0.1, -0.05) is 19.3 Å². The first-order valence-electron chi connectivity index (χ1n) is 8.49. The lowest BCUT2D eigenvalue weighted by atomic mass is 9.96. The molecule has 132 valence electrons. The number of rotatable bonds is 3. The van der Waals surface area contributed by atoms with Crippen LogP contribution in [0.15, 0.2) is 24.3 Å². The van der Waals surface area contributed by atoms with Crippen LogP contribution in [0.4, 0.5) is 21.0 Å². The monoisotopic (exact) mass is 333 g/mol. The van der Waals surface area contributed by atoms with Crippen molar-refractivity contribution in [3.8, 4) is 0 Å². The third-order valence-electron chi connectivity index (χ3n) is 3.73. The fourth-order valence-electron chi connectivity index (χ4n) is 2.66. The van der Waals surface area contributed by atoms with Gasteiger partial charge < -0.3 is 15.4 Å². The van der Waals surface area contributed by atoms with Gasteiger partial charge >= 0.3 is 12.1 Å². The van der Waals surface area contributed by atoms with E-state index in [1.54, 1.807) is 24.3 Å². The summed E-state index contributed by atoms with van der Waals surface area (Å²) in [5.41, 5.74) is 0.753. The van der Waals surface area contributed by atoms with Gasteiger partial charge in [0.1, 0.15) is 5.60 Å². The van der Waals surface area contributed by atoms with Crippen LogP contribution in [0.25, 0.3) is 0 Å². The first-order valence-corrected chi connectivity index (χ1v) is 8.49. The van der Waals surface area contributed by atoms with Crippen LogP contribution in [0.2, 0.25) is 0 Å². The highest BCUT2D eigenvalue weighted by atomic mass is 16.6. The molecule has 1 aromatic carbocycles. The van der Waals surface area contributed by atoms with E-state index in [1.165, 1.54) is 19.3 Å². The molecule has 1 fully saturated rings.